The molecule has 2 saturated heterocycles. The SMILES string of the molecule is c1cc2c(cc1OCCCN1CCCC1)oc1cc(OCCCN3CCCC3)ccc12. The van der Waals surface area contributed by atoms with Gasteiger partial charge in [-0.25, -0.2) is 0 Å². The van der Waals surface area contributed by atoms with E-state index in [-0.39, 0.29) is 0 Å². The normalized spacial score (nSPS) is 17.8. The van der Waals surface area contributed by atoms with Crippen molar-refractivity contribution in [3.8, 4) is 11.5 Å². The van der Waals surface area contributed by atoms with Gasteiger partial charge in [0.15, 0.2) is 0 Å². The van der Waals surface area contributed by atoms with Crippen molar-refractivity contribution >= 4 is 21.9 Å². The summed E-state index contributed by atoms with van der Waals surface area (Å²) in [6, 6.07) is 12.3. The van der Waals surface area contributed by atoms with Gasteiger partial charge in [-0.3, -0.25) is 0 Å². The van der Waals surface area contributed by atoms with E-state index in [0.717, 1.165) is 72.6 Å². The van der Waals surface area contributed by atoms with Crippen molar-refractivity contribution in [2.75, 3.05) is 52.5 Å². The first-order valence-electron chi connectivity index (χ1n) is 12.0. The third-order valence-electron chi connectivity index (χ3n) is 6.59. The maximum atomic E-state index is 6.13. The Labute approximate surface area is 184 Å². The van der Waals surface area contributed by atoms with E-state index in [1.165, 1.54) is 51.9 Å². The summed E-state index contributed by atoms with van der Waals surface area (Å²) in [4.78, 5) is 5.05. The molecule has 0 saturated carbocycles. The van der Waals surface area contributed by atoms with Gasteiger partial charge in [-0.15, -0.1) is 0 Å². The largest absolute Gasteiger partial charge is 0.493 e. The van der Waals surface area contributed by atoms with Crippen LogP contribution in [0.15, 0.2) is 40.8 Å². The molecule has 0 radical (unpaired) electrons. The third-order valence-corrected chi connectivity index (χ3v) is 6.59. The minimum atomic E-state index is 0.748. The number of hydrogen-bond donors (Lipinski definition) is 0. The molecule has 2 fully saturated rings. The van der Waals surface area contributed by atoms with E-state index in [2.05, 4.69) is 34.1 Å². The number of hydrogen-bond acceptors (Lipinski definition) is 5. The van der Waals surface area contributed by atoms with Gasteiger partial charge in [0.25, 0.3) is 0 Å². The van der Waals surface area contributed by atoms with Crippen LogP contribution in [0.3, 0.4) is 0 Å². The number of fused-ring (bicyclic) bond motifs is 3. The van der Waals surface area contributed by atoms with Crippen molar-refractivity contribution in [1.82, 2.24) is 9.80 Å². The number of likely N-dealkylation sites (tertiary alicyclic amines) is 2. The van der Waals surface area contributed by atoms with Crippen molar-refractivity contribution in [2.45, 2.75) is 38.5 Å². The zero-order valence-corrected chi connectivity index (χ0v) is 18.5. The van der Waals surface area contributed by atoms with Crippen LogP contribution in [0.1, 0.15) is 38.5 Å². The van der Waals surface area contributed by atoms with E-state index in [0.29, 0.717) is 0 Å². The minimum absolute atomic E-state index is 0.748. The van der Waals surface area contributed by atoms with E-state index in [9.17, 15) is 0 Å². The summed E-state index contributed by atoms with van der Waals surface area (Å²) in [6.45, 7) is 8.74. The second-order valence-corrected chi connectivity index (χ2v) is 8.92. The maximum absolute atomic E-state index is 6.13. The summed E-state index contributed by atoms with van der Waals surface area (Å²) in [5.74, 6) is 1.76. The molecule has 2 aliphatic heterocycles. The average Bonchev–Trinajstić information content (AvgIpc) is 3.55. The minimum Gasteiger partial charge on any atom is -0.493 e. The van der Waals surface area contributed by atoms with Gasteiger partial charge < -0.3 is 23.7 Å². The van der Waals surface area contributed by atoms with Crippen LogP contribution in [0.2, 0.25) is 0 Å². The Morgan fingerprint density at radius 3 is 1.55 bits per heavy atom. The second-order valence-electron chi connectivity index (χ2n) is 8.92. The van der Waals surface area contributed by atoms with E-state index >= 15 is 0 Å². The van der Waals surface area contributed by atoms with Crippen LogP contribution < -0.4 is 9.47 Å². The molecular weight excluding hydrogens is 388 g/mol. The third kappa shape index (κ3) is 5.16. The quantitative estimate of drug-likeness (QED) is 0.414. The molecular formula is C26H34N2O3. The van der Waals surface area contributed by atoms with Crippen molar-refractivity contribution < 1.29 is 13.9 Å². The molecule has 0 unspecified atom stereocenters. The molecule has 31 heavy (non-hydrogen) atoms. The molecule has 5 rings (SSSR count). The van der Waals surface area contributed by atoms with E-state index in [1.807, 2.05) is 12.1 Å². The fourth-order valence-corrected chi connectivity index (χ4v) is 4.89. The van der Waals surface area contributed by atoms with Crippen molar-refractivity contribution in [3.05, 3.63) is 36.4 Å². The highest BCUT2D eigenvalue weighted by Crippen LogP contribution is 2.33. The van der Waals surface area contributed by atoms with E-state index < -0.39 is 0 Å². The predicted molar refractivity (Wildman–Crippen MR) is 125 cm³/mol. The Hall–Kier alpha value is -2.24. The van der Waals surface area contributed by atoms with Gasteiger partial charge in [0.05, 0.1) is 13.2 Å². The van der Waals surface area contributed by atoms with Crippen LogP contribution in [0, 0.1) is 0 Å². The second kappa shape index (κ2) is 9.92. The molecule has 2 aromatic carbocycles. The molecule has 0 spiro atoms. The highest BCUT2D eigenvalue weighted by atomic mass is 16.5. The summed E-state index contributed by atoms with van der Waals surface area (Å²) in [6.07, 6.45) is 7.50. The Kier molecular flexibility index (Phi) is 6.61. The lowest BCUT2D eigenvalue weighted by Crippen LogP contribution is -2.21. The van der Waals surface area contributed by atoms with Gasteiger partial charge in [-0.05, 0) is 89.0 Å². The number of furan rings is 1. The fraction of sp³-hybridized carbons (Fsp3) is 0.538. The monoisotopic (exact) mass is 422 g/mol. The molecule has 3 heterocycles. The number of nitrogens with zero attached hydrogens (tertiary/aromatic N) is 2. The van der Waals surface area contributed by atoms with Crippen LogP contribution in [0.25, 0.3) is 21.9 Å². The van der Waals surface area contributed by atoms with Gasteiger partial charge in [-0.2, -0.15) is 0 Å². The molecule has 3 aromatic rings. The molecule has 0 N–H and O–H groups in total. The Morgan fingerprint density at radius 1 is 0.645 bits per heavy atom. The maximum Gasteiger partial charge on any atom is 0.139 e. The predicted octanol–water partition coefficient (Wildman–Crippen LogP) is 5.32. The summed E-state index contributed by atoms with van der Waals surface area (Å²) in [5.41, 5.74) is 1.75. The summed E-state index contributed by atoms with van der Waals surface area (Å²) in [5, 5.41) is 2.25. The zero-order chi connectivity index (χ0) is 20.9. The topological polar surface area (TPSA) is 38.1 Å². The fourth-order valence-electron chi connectivity index (χ4n) is 4.89. The Morgan fingerprint density at radius 2 is 1.10 bits per heavy atom. The average molecular weight is 423 g/mol. The summed E-state index contributed by atoms with van der Waals surface area (Å²) < 4.78 is 18.1. The molecule has 166 valence electrons. The standard InChI is InChI=1S/C26H34N2O3/c1-2-12-27(11-1)15-5-17-29-21-7-9-23-24-10-8-22(20-26(24)31-25(23)19-21)30-18-6-16-28-13-3-4-14-28/h7-10,19-20H,1-6,11-18H2. The smallest absolute Gasteiger partial charge is 0.139 e. The molecule has 5 nitrogen and oxygen atoms in total. The van der Waals surface area contributed by atoms with Crippen LogP contribution in [0.5, 0.6) is 11.5 Å². The zero-order valence-electron chi connectivity index (χ0n) is 18.5. The van der Waals surface area contributed by atoms with Crippen molar-refractivity contribution in [2.24, 2.45) is 0 Å². The molecule has 5 heteroatoms. The van der Waals surface area contributed by atoms with Crippen LogP contribution >= 0.6 is 0 Å². The lowest BCUT2D eigenvalue weighted by molar-refractivity contribution is 0.263. The lowest BCUT2D eigenvalue weighted by Gasteiger charge is -2.14. The number of ether oxygens (including phenoxy) is 2. The number of rotatable bonds is 10. The first kappa shape index (κ1) is 20.7. The van der Waals surface area contributed by atoms with Crippen molar-refractivity contribution in [3.63, 3.8) is 0 Å². The van der Waals surface area contributed by atoms with E-state index in [4.69, 9.17) is 13.9 Å². The lowest BCUT2D eigenvalue weighted by atomic mass is 10.1. The molecule has 0 bridgehead atoms. The molecule has 2 aliphatic rings. The van der Waals surface area contributed by atoms with Gasteiger partial charge in [-0.1, -0.05) is 0 Å². The molecule has 0 amide bonds. The molecule has 1 aromatic heterocycles. The summed E-state index contributed by atoms with van der Waals surface area (Å²) >= 11 is 0. The van der Waals surface area contributed by atoms with Crippen LogP contribution in [-0.4, -0.2) is 62.3 Å². The van der Waals surface area contributed by atoms with Crippen LogP contribution in [-0.2, 0) is 0 Å². The van der Waals surface area contributed by atoms with Gasteiger partial charge in [0.1, 0.15) is 22.7 Å². The first-order chi connectivity index (χ1) is 15.3. The highest BCUT2D eigenvalue weighted by Gasteiger charge is 2.13. The molecule has 0 atom stereocenters. The van der Waals surface area contributed by atoms with Gasteiger partial charge >= 0.3 is 0 Å². The Bertz CT molecular complexity index is 909. The molecule has 0 aliphatic carbocycles. The van der Waals surface area contributed by atoms with E-state index in [1.54, 1.807) is 0 Å². The Balaban J connectivity index is 1.16. The number of benzene rings is 2. The van der Waals surface area contributed by atoms with Gasteiger partial charge in [0.2, 0.25) is 0 Å². The van der Waals surface area contributed by atoms with Crippen molar-refractivity contribution in [1.29, 1.82) is 0 Å². The first-order valence-corrected chi connectivity index (χ1v) is 12.0. The van der Waals surface area contributed by atoms with Crippen LogP contribution in [0.4, 0.5) is 0 Å². The van der Waals surface area contributed by atoms with Gasteiger partial charge in [0, 0.05) is 36.0 Å². The highest BCUT2D eigenvalue weighted by molar-refractivity contribution is 6.05. The summed E-state index contributed by atoms with van der Waals surface area (Å²) in [7, 11) is 0.